The molecule has 15 heteroatoms. The Labute approximate surface area is 281 Å². The van der Waals surface area contributed by atoms with Gasteiger partial charge in [-0.25, -0.2) is 0 Å². The summed E-state index contributed by atoms with van der Waals surface area (Å²) in [6, 6.07) is 5.09. The Bertz CT molecular complexity index is 1220. The predicted molar refractivity (Wildman–Crippen MR) is 175 cm³/mol. The van der Waals surface area contributed by atoms with E-state index in [0.717, 1.165) is 10.5 Å². The third kappa shape index (κ3) is 15.6. The van der Waals surface area contributed by atoms with Gasteiger partial charge in [0.2, 0.25) is 17.7 Å². The first-order chi connectivity index (χ1) is 23.0. The Morgan fingerprint density at radius 3 is 2.00 bits per heavy atom. The van der Waals surface area contributed by atoms with Crippen LogP contribution in [0.25, 0.3) is 0 Å². The molecule has 0 radical (unpaired) electrons. The number of esters is 1. The highest BCUT2D eigenvalue weighted by Gasteiger charge is 2.29. The summed E-state index contributed by atoms with van der Waals surface area (Å²) in [7, 11) is 0. The van der Waals surface area contributed by atoms with Crippen molar-refractivity contribution in [2.24, 2.45) is 11.7 Å². The van der Waals surface area contributed by atoms with Crippen molar-refractivity contribution in [3.8, 4) is 0 Å². The minimum atomic E-state index is -0.871. The zero-order valence-corrected chi connectivity index (χ0v) is 28.0. The number of carbonyl (C=O) groups is 6. The molecule has 1 aromatic rings. The lowest BCUT2D eigenvalue weighted by Crippen LogP contribution is -2.54. The number of anilines is 1. The zero-order valence-electron chi connectivity index (χ0n) is 28.0. The molecule has 0 saturated heterocycles. The fourth-order valence-electron chi connectivity index (χ4n) is 4.42. The van der Waals surface area contributed by atoms with E-state index in [9.17, 15) is 28.8 Å². The largest absolute Gasteiger partial charge is 0.461 e. The van der Waals surface area contributed by atoms with Gasteiger partial charge in [-0.1, -0.05) is 26.0 Å². The van der Waals surface area contributed by atoms with Crippen LogP contribution in [0.1, 0.15) is 52.0 Å². The molecule has 0 unspecified atom stereocenters. The second-order valence-electron chi connectivity index (χ2n) is 11.3. The van der Waals surface area contributed by atoms with E-state index in [2.05, 4.69) is 16.0 Å². The van der Waals surface area contributed by atoms with E-state index >= 15 is 0 Å². The summed E-state index contributed by atoms with van der Waals surface area (Å²) < 4.78 is 21.2. The minimum absolute atomic E-state index is 0.0241. The lowest BCUT2D eigenvalue weighted by molar-refractivity contribution is -0.142. The number of nitrogens with two attached hydrogens (primary N) is 1. The average Bonchev–Trinajstić information content (AvgIpc) is 3.37. The topological polar surface area (TPSA) is 205 Å². The summed E-state index contributed by atoms with van der Waals surface area (Å²) in [6.07, 6.45) is 4.12. The first kappa shape index (κ1) is 40.0. The molecule has 1 heterocycles. The molecule has 1 aromatic carbocycles. The van der Waals surface area contributed by atoms with E-state index in [1.54, 1.807) is 38.1 Å². The first-order valence-electron chi connectivity index (χ1n) is 16.1. The maximum absolute atomic E-state index is 13.3. The van der Waals surface area contributed by atoms with Crippen molar-refractivity contribution < 1.29 is 47.7 Å². The molecule has 5 amide bonds. The summed E-state index contributed by atoms with van der Waals surface area (Å²) in [4.78, 5) is 74.1. The number of carbonyl (C=O) groups excluding carboxylic acids is 6. The number of nitrogens with zero attached hydrogens (tertiary/aromatic N) is 1. The Hall–Kier alpha value is -4.18. The molecule has 0 bridgehead atoms. The van der Waals surface area contributed by atoms with Gasteiger partial charge in [0, 0.05) is 31.2 Å². The lowest BCUT2D eigenvalue weighted by Gasteiger charge is -2.25. The van der Waals surface area contributed by atoms with E-state index in [0.29, 0.717) is 38.1 Å². The van der Waals surface area contributed by atoms with Crippen molar-refractivity contribution >= 4 is 41.2 Å². The van der Waals surface area contributed by atoms with Crippen LogP contribution in [0, 0.1) is 5.92 Å². The summed E-state index contributed by atoms with van der Waals surface area (Å²) in [5.41, 5.74) is 6.90. The van der Waals surface area contributed by atoms with Crippen LogP contribution in [0.4, 0.5) is 5.69 Å². The second kappa shape index (κ2) is 22.4. The smallest absolute Gasteiger partial charge is 0.302 e. The highest BCUT2D eigenvalue weighted by molar-refractivity contribution is 6.12. The van der Waals surface area contributed by atoms with Gasteiger partial charge in [-0.05, 0) is 49.4 Å². The lowest BCUT2D eigenvalue weighted by atomic mass is 10.0. The van der Waals surface area contributed by atoms with Gasteiger partial charge >= 0.3 is 5.97 Å². The molecule has 0 aromatic heterocycles. The molecule has 15 nitrogen and oxygen atoms in total. The van der Waals surface area contributed by atoms with E-state index in [4.69, 9.17) is 24.7 Å². The van der Waals surface area contributed by atoms with Crippen LogP contribution >= 0.6 is 0 Å². The molecule has 2 rings (SSSR count). The van der Waals surface area contributed by atoms with E-state index in [1.165, 1.54) is 19.1 Å². The SMILES string of the molecule is CC(=O)OCc1ccc(NC(=O)[C@H](CCCCN)NC(=O)[C@@H](NC(=O)CCOCCOCCOCCN2C(=O)C=CC2=O)C(C)C)cc1. The number of ether oxygens (including phenoxy) is 4. The van der Waals surface area contributed by atoms with Crippen LogP contribution in [0.3, 0.4) is 0 Å². The van der Waals surface area contributed by atoms with Crippen LogP contribution in [0.15, 0.2) is 36.4 Å². The fourth-order valence-corrected chi connectivity index (χ4v) is 4.42. The van der Waals surface area contributed by atoms with Crippen molar-refractivity contribution in [2.75, 3.05) is 58.0 Å². The molecule has 0 aliphatic carbocycles. The van der Waals surface area contributed by atoms with Gasteiger partial charge in [-0.2, -0.15) is 0 Å². The molecule has 0 spiro atoms. The molecule has 2 atom stereocenters. The van der Waals surface area contributed by atoms with Gasteiger partial charge in [0.05, 0.1) is 46.2 Å². The normalized spacial score (nSPS) is 13.8. The second-order valence-corrected chi connectivity index (χ2v) is 11.3. The van der Waals surface area contributed by atoms with Crippen molar-refractivity contribution in [2.45, 2.75) is 65.1 Å². The van der Waals surface area contributed by atoms with Crippen LogP contribution in [-0.2, 0) is 54.3 Å². The van der Waals surface area contributed by atoms with Gasteiger partial charge in [-0.3, -0.25) is 33.7 Å². The number of unbranched alkanes of at least 4 members (excludes halogenated alkanes) is 1. The molecule has 0 fully saturated rings. The van der Waals surface area contributed by atoms with Crippen molar-refractivity contribution in [1.29, 1.82) is 0 Å². The van der Waals surface area contributed by atoms with Gasteiger partial charge in [0.15, 0.2) is 0 Å². The van der Waals surface area contributed by atoms with Crippen molar-refractivity contribution in [3.05, 3.63) is 42.0 Å². The van der Waals surface area contributed by atoms with E-state index < -0.39 is 29.9 Å². The highest BCUT2D eigenvalue weighted by Crippen LogP contribution is 2.13. The summed E-state index contributed by atoms with van der Waals surface area (Å²) in [5.74, 6) is -2.60. The van der Waals surface area contributed by atoms with E-state index in [1.807, 2.05) is 0 Å². The zero-order chi connectivity index (χ0) is 35.3. The molecule has 266 valence electrons. The fraction of sp³-hybridized carbons (Fsp3) is 0.576. The number of rotatable bonds is 24. The molecule has 5 N–H and O–H groups in total. The van der Waals surface area contributed by atoms with Crippen LogP contribution < -0.4 is 21.7 Å². The van der Waals surface area contributed by atoms with Gasteiger partial charge < -0.3 is 40.6 Å². The Kier molecular flexibility index (Phi) is 18.7. The molecular weight excluding hydrogens is 626 g/mol. The third-order valence-corrected chi connectivity index (χ3v) is 7.09. The van der Waals surface area contributed by atoms with Gasteiger partial charge in [0.25, 0.3) is 11.8 Å². The van der Waals surface area contributed by atoms with Crippen molar-refractivity contribution in [3.63, 3.8) is 0 Å². The molecule has 1 aliphatic heterocycles. The number of nitrogens with one attached hydrogen (secondary N) is 3. The first-order valence-corrected chi connectivity index (χ1v) is 16.1. The highest BCUT2D eigenvalue weighted by atomic mass is 16.5. The van der Waals surface area contributed by atoms with Gasteiger partial charge in [-0.15, -0.1) is 0 Å². The summed E-state index contributed by atoms with van der Waals surface area (Å²) in [5, 5.41) is 8.35. The standard InChI is InChI=1S/C33H49N5O10/c1-23(2)31(37-28(40)13-16-45-18-20-47-21-19-46-17-15-38-29(41)11-12-30(38)42)33(44)36-27(6-4-5-14-34)32(43)35-26-9-7-25(8-10-26)22-48-24(3)39/h7-12,23,27,31H,4-6,13-22,34H2,1-3H3,(H,35,43)(H,36,44)(H,37,40)/t27-,31-/m0/s1. The molecule has 1 aliphatic rings. The number of hydrogen-bond acceptors (Lipinski definition) is 11. The quantitative estimate of drug-likeness (QED) is 0.0686. The predicted octanol–water partition coefficient (Wildman–Crippen LogP) is 0.808. The van der Waals surface area contributed by atoms with Gasteiger partial charge in [0.1, 0.15) is 18.7 Å². The molecular formula is C33H49N5O10. The summed E-state index contributed by atoms with van der Waals surface area (Å²) in [6.45, 7) is 7.10. The number of benzene rings is 1. The Balaban J connectivity index is 1.71. The van der Waals surface area contributed by atoms with Crippen molar-refractivity contribution in [1.82, 2.24) is 15.5 Å². The van der Waals surface area contributed by atoms with E-state index in [-0.39, 0.29) is 76.2 Å². The molecule has 0 saturated carbocycles. The number of amides is 5. The van der Waals surface area contributed by atoms with Crippen LogP contribution in [0.5, 0.6) is 0 Å². The monoisotopic (exact) mass is 675 g/mol. The van der Waals surface area contributed by atoms with Crippen LogP contribution in [-0.4, -0.2) is 105 Å². The average molecular weight is 676 g/mol. The summed E-state index contributed by atoms with van der Waals surface area (Å²) >= 11 is 0. The number of hydrogen-bond donors (Lipinski definition) is 4. The Morgan fingerprint density at radius 1 is 0.812 bits per heavy atom. The maximum atomic E-state index is 13.3. The Morgan fingerprint density at radius 2 is 1.42 bits per heavy atom. The maximum Gasteiger partial charge on any atom is 0.302 e. The van der Waals surface area contributed by atoms with Crippen LogP contribution in [0.2, 0.25) is 0 Å². The third-order valence-electron chi connectivity index (χ3n) is 7.09. The minimum Gasteiger partial charge on any atom is -0.461 e. The molecule has 48 heavy (non-hydrogen) atoms. The number of imide groups is 1.